The van der Waals surface area contributed by atoms with Crippen molar-refractivity contribution < 1.29 is 13.2 Å². The van der Waals surface area contributed by atoms with Gasteiger partial charge in [-0.25, -0.2) is 8.42 Å². The van der Waals surface area contributed by atoms with Crippen molar-refractivity contribution in [2.45, 2.75) is 16.7 Å². The Kier molecular flexibility index (Phi) is 2.81. The maximum Gasteiger partial charge on any atom is 0.247 e. The highest BCUT2D eigenvalue weighted by Gasteiger charge is 2.61. The third kappa shape index (κ3) is 1.50. The molecule has 2 aliphatic heterocycles. The second kappa shape index (κ2) is 4.52. The minimum absolute atomic E-state index is 0.298. The van der Waals surface area contributed by atoms with E-state index in [9.17, 15) is 8.42 Å². The third-order valence-corrected chi connectivity index (χ3v) is 6.26. The summed E-state index contributed by atoms with van der Waals surface area (Å²) in [5, 5.41) is 0. The van der Waals surface area contributed by atoms with Gasteiger partial charge >= 0.3 is 0 Å². The average Bonchev–Trinajstić information content (AvgIpc) is 3.04. The van der Waals surface area contributed by atoms with Gasteiger partial charge in [0.15, 0.2) is 5.72 Å². The fourth-order valence-corrected chi connectivity index (χ4v) is 5.43. The maximum atomic E-state index is 13.0. The van der Waals surface area contributed by atoms with E-state index in [0.29, 0.717) is 17.1 Å². The highest BCUT2D eigenvalue weighted by molar-refractivity contribution is 7.89. The summed E-state index contributed by atoms with van der Waals surface area (Å²) in [4.78, 5) is 0.311. The molecule has 112 valence electrons. The molecule has 0 radical (unpaired) electrons. The summed E-state index contributed by atoms with van der Waals surface area (Å²) in [5.74, 6) is 0. The first-order valence-corrected chi connectivity index (χ1v) is 8.52. The van der Waals surface area contributed by atoms with Gasteiger partial charge in [0.25, 0.3) is 0 Å². The van der Waals surface area contributed by atoms with E-state index >= 15 is 0 Å². The molecule has 0 aromatic heterocycles. The van der Waals surface area contributed by atoms with Gasteiger partial charge in [-0.1, -0.05) is 54.6 Å². The third-order valence-electron chi connectivity index (χ3n) is 4.30. The summed E-state index contributed by atoms with van der Waals surface area (Å²) in [5.41, 5.74) is 0.397. The zero-order valence-corrected chi connectivity index (χ0v) is 12.7. The van der Waals surface area contributed by atoms with E-state index in [1.54, 1.807) is 18.2 Å². The Morgan fingerprint density at radius 3 is 2.55 bits per heavy atom. The molecule has 2 heterocycles. The lowest BCUT2D eigenvalue weighted by Crippen LogP contribution is -2.43. The Morgan fingerprint density at radius 1 is 1.14 bits per heavy atom. The van der Waals surface area contributed by atoms with Crippen molar-refractivity contribution in [1.82, 2.24) is 4.31 Å². The number of nitrogens with zero attached hydrogens (tertiary/aromatic N) is 1. The zero-order valence-electron chi connectivity index (χ0n) is 11.8. The molecule has 2 aromatic carbocycles. The maximum absolute atomic E-state index is 13.0. The smallest absolute Gasteiger partial charge is 0.247 e. The number of benzene rings is 2. The normalized spacial score (nSPS) is 29.0. The van der Waals surface area contributed by atoms with Crippen molar-refractivity contribution in [3.63, 3.8) is 0 Å². The van der Waals surface area contributed by atoms with E-state index < -0.39 is 15.7 Å². The molecule has 1 saturated heterocycles. The molecule has 0 N–H and O–H groups in total. The minimum Gasteiger partial charge on any atom is -0.349 e. The molecule has 0 saturated carbocycles. The lowest BCUT2D eigenvalue weighted by molar-refractivity contribution is -0.0129. The van der Waals surface area contributed by atoms with Crippen molar-refractivity contribution in [2.24, 2.45) is 0 Å². The number of fused-ring (bicyclic) bond motifs is 3. The Hall–Kier alpha value is -1.95. The number of sulfonamides is 1. The van der Waals surface area contributed by atoms with Crippen molar-refractivity contribution in [2.75, 3.05) is 6.61 Å². The quantitative estimate of drug-likeness (QED) is 0.800. The number of ether oxygens (including phenoxy) is 1. The molecule has 2 atom stereocenters. The largest absolute Gasteiger partial charge is 0.349 e. The number of hydrogen-bond acceptors (Lipinski definition) is 3. The Labute approximate surface area is 129 Å². The fraction of sp³-hybridized carbons (Fsp3) is 0.176. The van der Waals surface area contributed by atoms with Crippen LogP contribution < -0.4 is 0 Å². The second-order valence-corrected chi connectivity index (χ2v) is 7.20. The van der Waals surface area contributed by atoms with Gasteiger partial charge in [-0.15, -0.1) is 10.9 Å². The molecule has 2 aromatic rings. The van der Waals surface area contributed by atoms with Gasteiger partial charge in [-0.3, -0.25) is 0 Å². The van der Waals surface area contributed by atoms with Crippen LogP contribution in [-0.4, -0.2) is 25.4 Å². The van der Waals surface area contributed by atoms with Gasteiger partial charge in [0.1, 0.15) is 0 Å². The lowest BCUT2D eigenvalue weighted by atomic mass is 9.94. The van der Waals surface area contributed by atoms with E-state index in [1.165, 1.54) is 4.31 Å². The van der Waals surface area contributed by atoms with Crippen LogP contribution in [0.15, 0.2) is 72.1 Å². The summed E-state index contributed by atoms with van der Waals surface area (Å²) in [6, 6.07) is 16.1. The molecule has 4 rings (SSSR count). The standard InChI is InChI=1S/C17H15NO3S/c1-2-14-12-21-17(13-8-4-3-5-9-13)15-10-6-7-11-16(15)22(19,20)18(14)17/h2-11,14H,1,12H2/t14-,17-/m1/s1. The van der Waals surface area contributed by atoms with Crippen LogP contribution in [0.5, 0.6) is 0 Å². The molecule has 22 heavy (non-hydrogen) atoms. The summed E-state index contributed by atoms with van der Waals surface area (Å²) in [6.07, 6.45) is 1.63. The predicted molar refractivity (Wildman–Crippen MR) is 82.6 cm³/mol. The van der Waals surface area contributed by atoms with Crippen molar-refractivity contribution >= 4 is 10.0 Å². The van der Waals surface area contributed by atoms with E-state index in [0.717, 1.165) is 5.56 Å². The molecule has 0 spiro atoms. The van der Waals surface area contributed by atoms with Crippen LogP contribution in [0.4, 0.5) is 0 Å². The number of rotatable bonds is 2. The van der Waals surface area contributed by atoms with Crippen molar-refractivity contribution in [1.29, 1.82) is 0 Å². The van der Waals surface area contributed by atoms with Crippen LogP contribution in [0.2, 0.25) is 0 Å². The van der Waals surface area contributed by atoms with Crippen LogP contribution in [0.25, 0.3) is 0 Å². The summed E-state index contributed by atoms with van der Waals surface area (Å²) in [6.45, 7) is 4.07. The van der Waals surface area contributed by atoms with Gasteiger partial charge in [0, 0.05) is 11.1 Å². The fourth-order valence-electron chi connectivity index (χ4n) is 3.39. The van der Waals surface area contributed by atoms with Crippen LogP contribution in [0.3, 0.4) is 0 Å². The van der Waals surface area contributed by atoms with Crippen LogP contribution >= 0.6 is 0 Å². The first-order chi connectivity index (χ1) is 10.6. The summed E-state index contributed by atoms with van der Waals surface area (Å²) < 4.78 is 33.6. The first kappa shape index (κ1) is 13.7. The molecule has 1 fully saturated rings. The van der Waals surface area contributed by atoms with Crippen LogP contribution in [0, 0.1) is 0 Å². The van der Waals surface area contributed by atoms with E-state index in [2.05, 4.69) is 6.58 Å². The van der Waals surface area contributed by atoms with Gasteiger partial charge in [0.2, 0.25) is 10.0 Å². The summed E-state index contributed by atoms with van der Waals surface area (Å²) in [7, 11) is -3.61. The molecule has 2 aliphatic rings. The molecule has 0 bridgehead atoms. The molecular weight excluding hydrogens is 298 g/mol. The highest BCUT2D eigenvalue weighted by atomic mass is 32.2. The van der Waals surface area contributed by atoms with Crippen molar-refractivity contribution in [3.8, 4) is 0 Å². The Morgan fingerprint density at radius 2 is 1.82 bits per heavy atom. The van der Waals surface area contributed by atoms with Crippen LogP contribution in [-0.2, 0) is 20.5 Å². The Bertz CT molecular complexity index is 847. The van der Waals surface area contributed by atoms with E-state index in [4.69, 9.17) is 4.74 Å². The van der Waals surface area contributed by atoms with E-state index in [1.807, 2.05) is 42.5 Å². The van der Waals surface area contributed by atoms with Gasteiger partial charge in [-0.2, -0.15) is 0 Å². The minimum atomic E-state index is -3.61. The predicted octanol–water partition coefficient (Wildman–Crippen LogP) is 2.48. The molecule has 0 unspecified atom stereocenters. The highest BCUT2D eigenvalue weighted by Crippen LogP contribution is 2.53. The lowest BCUT2D eigenvalue weighted by Gasteiger charge is -2.31. The van der Waals surface area contributed by atoms with Crippen molar-refractivity contribution in [3.05, 3.63) is 78.4 Å². The molecule has 4 nitrogen and oxygen atoms in total. The average molecular weight is 313 g/mol. The van der Waals surface area contributed by atoms with Gasteiger partial charge in [0.05, 0.1) is 17.5 Å². The van der Waals surface area contributed by atoms with Gasteiger partial charge in [-0.05, 0) is 6.07 Å². The molecule has 5 heteroatoms. The number of hydrogen-bond donors (Lipinski definition) is 0. The topological polar surface area (TPSA) is 46.6 Å². The van der Waals surface area contributed by atoms with E-state index in [-0.39, 0.29) is 6.04 Å². The second-order valence-electron chi connectivity index (χ2n) is 5.42. The SMILES string of the molecule is C=C[C@@H]1CO[C@]2(c3ccccc3)c3ccccc3S(=O)(=O)N12. The monoisotopic (exact) mass is 313 g/mol. The molecular formula is C17H15NO3S. The zero-order chi connectivity index (χ0) is 15.4. The van der Waals surface area contributed by atoms with Gasteiger partial charge < -0.3 is 4.74 Å². The summed E-state index contributed by atoms with van der Waals surface area (Å²) >= 11 is 0. The molecule has 0 amide bonds. The van der Waals surface area contributed by atoms with Crippen LogP contribution in [0.1, 0.15) is 11.1 Å². The molecule has 0 aliphatic carbocycles. The first-order valence-electron chi connectivity index (χ1n) is 7.08. The Balaban J connectivity index is 2.09.